The molecule has 90 valence electrons. The topological polar surface area (TPSA) is 38.9 Å². The quantitative estimate of drug-likeness (QED) is 0.654. The minimum absolute atomic E-state index is 0.335. The lowest BCUT2D eigenvalue weighted by atomic mass is 10.1. The molecule has 0 spiro atoms. The molecule has 0 saturated heterocycles. The molecule has 0 amide bonds. The molecule has 0 bridgehead atoms. The average Bonchev–Trinajstić information content (AvgIpc) is 2.87. The minimum Gasteiger partial charge on any atom is -0.359 e. The third kappa shape index (κ3) is 1.97. The molecule has 0 aliphatic rings. The average molecular weight is 259 g/mol. The van der Waals surface area contributed by atoms with Crippen molar-refractivity contribution in [2.24, 2.45) is 0 Å². The lowest BCUT2D eigenvalue weighted by molar-refractivity contribution is 0.396. The number of fused-ring (bicyclic) bond motifs is 1. The Labute approximate surface area is 109 Å². The number of alkyl halides is 1. The van der Waals surface area contributed by atoms with E-state index in [-0.39, 0.29) is 0 Å². The van der Waals surface area contributed by atoms with Crippen molar-refractivity contribution in [3.63, 3.8) is 0 Å². The lowest BCUT2D eigenvalue weighted by Gasteiger charge is -2.01. The summed E-state index contributed by atoms with van der Waals surface area (Å²) in [5.41, 5.74) is 3.81. The van der Waals surface area contributed by atoms with Crippen LogP contribution in [-0.2, 0) is 5.88 Å². The van der Waals surface area contributed by atoms with Gasteiger partial charge in [-0.1, -0.05) is 17.3 Å². The Morgan fingerprint density at radius 1 is 1.17 bits per heavy atom. The molecule has 0 saturated carbocycles. The molecule has 18 heavy (non-hydrogen) atoms. The molecule has 3 nitrogen and oxygen atoms in total. The highest BCUT2D eigenvalue weighted by Gasteiger charge is 2.06. The third-order valence-corrected chi connectivity index (χ3v) is 3.08. The zero-order valence-electron chi connectivity index (χ0n) is 9.85. The van der Waals surface area contributed by atoms with Gasteiger partial charge >= 0.3 is 0 Å². The van der Waals surface area contributed by atoms with E-state index in [9.17, 15) is 0 Å². The van der Waals surface area contributed by atoms with E-state index in [1.807, 2.05) is 31.2 Å². The Kier molecular flexibility index (Phi) is 2.76. The van der Waals surface area contributed by atoms with Crippen LogP contribution in [0.1, 0.15) is 11.5 Å². The second kappa shape index (κ2) is 4.42. The summed E-state index contributed by atoms with van der Waals surface area (Å²) < 4.78 is 5.10. The van der Waals surface area contributed by atoms with E-state index < -0.39 is 0 Å². The first-order chi connectivity index (χ1) is 8.76. The van der Waals surface area contributed by atoms with Crippen molar-refractivity contribution in [3.05, 3.63) is 47.9 Å². The summed E-state index contributed by atoms with van der Waals surface area (Å²) in [6.45, 7) is 1.98. The number of pyridine rings is 1. The van der Waals surface area contributed by atoms with Gasteiger partial charge in [-0.3, -0.25) is 4.98 Å². The van der Waals surface area contributed by atoms with Gasteiger partial charge in [0.2, 0.25) is 0 Å². The van der Waals surface area contributed by atoms with Crippen LogP contribution in [0.25, 0.3) is 22.2 Å². The highest BCUT2D eigenvalue weighted by molar-refractivity contribution is 6.16. The second-order valence-corrected chi connectivity index (χ2v) is 4.44. The first-order valence-electron chi connectivity index (χ1n) is 5.65. The predicted octanol–water partition coefficient (Wildman–Crippen LogP) is 3.94. The third-order valence-electron chi connectivity index (χ3n) is 2.81. The van der Waals surface area contributed by atoms with Gasteiger partial charge < -0.3 is 4.52 Å². The van der Waals surface area contributed by atoms with E-state index in [0.29, 0.717) is 11.6 Å². The lowest BCUT2D eigenvalue weighted by Crippen LogP contribution is -1.84. The van der Waals surface area contributed by atoms with Crippen molar-refractivity contribution in [2.45, 2.75) is 12.8 Å². The number of aryl methyl sites for hydroxylation is 1. The number of rotatable bonds is 2. The molecule has 0 aliphatic heterocycles. The number of benzene rings is 1. The number of halogens is 1. The molecule has 2 heterocycles. The maximum atomic E-state index is 5.70. The second-order valence-electron chi connectivity index (χ2n) is 4.17. The van der Waals surface area contributed by atoms with Crippen LogP contribution >= 0.6 is 11.6 Å². The van der Waals surface area contributed by atoms with Crippen LogP contribution in [-0.4, -0.2) is 10.1 Å². The molecule has 0 N–H and O–H groups in total. The molecular weight excluding hydrogens is 248 g/mol. The van der Waals surface area contributed by atoms with Gasteiger partial charge in [0, 0.05) is 22.7 Å². The van der Waals surface area contributed by atoms with Crippen molar-refractivity contribution < 1.29 is 4.52 Å². The molecule has 0 fully saturated rings. The van der Waals surface area contributed by atoms with E-state index in [1.165, 1.54) is 0 Å². The van der Waals surface area contributed by atoms with Crippen LogP contribution in [0.4, 0.5) is 0 Å². The van der Waals surface area contributed by atoms with Crippen molar-refractivity contribution in [1.82, 2.24) is 10.1 Å². The molecular formula is C14H11ClN2O. The fourth-order valence-electron chi connectivity index (χ4n) is 1.90. The number of aromatic nitrogens is 2. The van der Waals surface area contributed by atoms with Gasteiger partial charge in [-0.2, -0.15) is 0 Å². The van der Waals surface area contributed by atoms with Crippen molar-refractivity contribution >= 4 is 22.5 Å². The van der Waals surface area contributed by atoms with E-state index in [4.69, 9.17) is 16.1 Å². The standard InChI is InChI=1S/C14H11ClN2O/c1-9-2-3-10-6-11(4-5-13(10)16-9)14-7-12(8-15)18-17-14/h2-7H,8H2,1H3. The largest absolute Gasteiger partial charge is 0.359 e. The van der Waals surface area contributed by atoms with Crippen LogP contribution in [0, 0.1) is 6.92 Å². The monoisotopic (exact) mass is 258 g/mol. The van der Waals surface area contributed by atoms with Gasteiger partial charge in [-0.05, 0) is 25.1 Å². The summed E-state index contributed by atoms with van der Waals surface area (Å²) in [5, 5.41) is 5.09. The zero-order valence-corrected chi connectivity index (χ0v) is 10.6. The number of nitrogens with zero attached hydrogens (tertiary/aromatic N) is 2. The summed E-state index contributed by atoms with van der Waals surface area (Å²) in [6, 6.07) is 12.0. The predicted molar refractivity (Wildman–Crippen MR) is 71.5 cm³/mol. The Hall–Kier alpha value is -1.87. The van der Waals surface area contributed by atoms with E-state index >= 15 is 0 Å². The molecule has 0 unspecified atom stereocenters. The van der Waals surface area contributed by atoms with Crippen molar-refractivity contribution in [3.8, 4) is 11.3 Å². The van der Waals surface area contributed by atoms with Crippen LogP contribution in [0.3, 0.4) is 0 Å². The van der Waals surface area contributed by atoms with Crippen LogP contribution in [0.15, 0.2) is 40.9 Å². The summed E-state index contributed by atoms with van der Waals surface area (Å²) in [6.07, 6.45) is 0. The highest BCUT2D eigenvalue weighted by Crippen LogP contribution is 2.24. The molecule has 0 aliphatic carbocycles. The molecule has 4 heteroatoms. The van der Waals surface area contributed by atoms with Crippen molar-refractivity contribution in [2.75, 3.05) is 0 Å². The van der Waals surface area contributed by atoms with Gasteiger partial charge in [0.1, 0.15) is 5.69 Å². The minimum atomic E-state index is 0.335. The van der Waals surface area contributed by atoms with Gasteiger partial charge in [0.05, 0.1) is 11.4 Å². The molecule has 3 rings (SSSR count). The highest BCUT2D eigenvalue weighted by atomic mass is 35.5. The molecule has 3 aromatic rings. The summed E-state index contributed by atoms with van der Waals surface area (Å²) in [4.78, 5) is 4.47. The maximum Gasteiger partial charge on any atom is 0.152 e. The van der Waals surface area contributed by atoms with Crippen LogP contribution in [0.5, 0.6) is 0 Å². The Morgan fingerprint density at radius 2 is 2.06 bits per heavy atom. The normalized spacial score (nSPS) is 11.0. The van der Waals surface area contributed by atoms with Gasteiger partial charge in [-0.15, -0.1) is 11.6 Å². The van der Waals surface area contributed by atoms with Gasteiger partial charge in [0.25, 0.3) is 0 Å². The Balaban J connectivity index is 2.10. The first-order valence-corrected chi connectivity index (χ1v) is 6.19. The summed E-state index contributed by atoms with van der Waals surface area (Å²) in [5.74, 6) is 1.01. The zero-order chi connectivity index (χ0) is 12.5. The SMILES string of the molecule is Cc1ccc2cc(-c3cc(CCl)on3)ccc2n1. The van der Waals surface area contributed by atoms with Gasteiger partial charge in [0.15, 0.2) is 5.76 Å². The van der Waals surface area contributed by atoms with E-state index in [2.05, 4.69) is 22.3 Å². The summed E-state index contributed by atoms with van der Waals surface area (Å²) in [7, 11) is 0. The van der Waals surface area contributed by atoms with Crippen molar-refractivity contribution in [1.29, 1.82) is 0 Å². The molecule has 0 atom stereocenters. The van der Waals surface area contributed by atoms with E-state index in [0.717, 1.165) is 27.9 Å². The van der Waals surface area contributed by atoms with Gasteiger partial charge in [-0.25, -0.2) is 0 Å². The van der Waals surface area contributed by atoms with E-state index in [1.54, 1.807) is 0 Å². The molecule has 2 aromatic heterocycles. The fourth-order valence-corrected chi connectivity index (χ4v) is 2.02. The number of hydrogen-bond donors (Lipinski definition) is 0. The molecule has 0 radical (unpaired) electrons. The van der Waals surface area contributed by atoms with Crippen LogP contribution < -0.4 is 0 Å². The molecule has 1 aromatic carbocycles. The smallest absolute Gasteiger partial charge is 0.152 e. The maximum absolute atomic E-state index is 5.70. The fraction of sp³-hybridized carbons (Fsp3) is 0.143. The Bertz CT molecular complexity index is 706. The number of hydrogen-bond acceptors (Lipinski definition) is 3. The first kappa shape index (κ1) is 11.2. The summed E-state index contributed by atoms with van der Waals surface area (Å²) >= 11 is 5.70. The Morgan fingerprint density at radius 3 is 2.83 bits per heavy atom. The van der Waals surface area contributed by atoms with Crippen LogP contribution in [0.2, 0.25) is 0 Å².